The fourth-order valence-electron chi connectivity index (χ4n) is 1.59. The molecule has 1 aromatic carbocycles. The number of hydrogen-bond acceptors (Lipinski definition) is 3. The van der Waals surface area contributed by atoms with Crippen molar-refractivity contribution in [2.45, 2.75) is 20.8 Å². The van der Waals surface area contributed by atoms with Crippen LogP contribution in [0, 0.1) is 6.92 Å². The van der Waals surface area contributed by atoms with Gasteiger partial charge >= 0.3 is 5.63 Å². The number of anilines is 1. The maximum Gasteiger partial charge on any atom is 0.336 e. The lowest BCUT2D eigenvalue weighted by atomic mass is 10.1. The van der Waals surface area contributed by atoms with Crippen LogP contribution < -0.4 is 10.5 Å². The lowest BCUT2D eigenvalue weighted by Crippen LogP contribution is -2.08. The van der Waals surface area contributed by atoms with Gasteiger partial charge < -0.3 is 9.32 Å². The lowest BCUT2D eigenvalue weighted by molar-refractivity contribution is 0.560. The summed E-state index contributed by atoms with van der Waals surface area (Å²) in [6.45, 7) is 5.91. The van der Waals surface area contributed by atoms with E-state index >= 15 is 0 Å². The SMILES string of the molecule is CC.Cc1cc(=O)oc2cc(N(C)C)ccc12. The molecule has 92 valence electrons. The Labute approximate surface area is 102 Å². The van der Waals surface area contributed by atoms with Gasteiger partial charge in [-0.15, -0.1) is 0 Å². The van der Waals surface area contributed by atoms with Crippen molar-refractivity contribution in [3.05, 3.63) is 40.2 Å². The molecule has 3 heteroatoms. The van der Waals surface area contributed by atoms with Gasteiger partial charge in [0.25, 0.3) is 0 Å². The van der Waals surface area contributed by atoms with Gasteiger partial charge in [0, 0.05) is 37.3 Å². The van der Waals surface area contributed by atoms with Crippen LogP contribution in [-0.4, -0.2) is 14.1 Å². The fourth-order valence-corrected chi connectivity index (χ4v) is 1.59. The number of aryl methyl sites for hydroxylation is 1. The van der Waals surface area contributed by atoms with Gasteiger partial charge in [0.15, 0.2) is 0 Å². The summed E-state index contributed by atoms with van der Waals surface area (Å²) in [6.07, 6.45) is 0. The molecule has 2 rings (SSSR count). The highest BCUT2D eigenvalue weighted by Gasteiger charge is 2.03. The Balaban J connectivity index is 0.000000686. The Morgan fingerprint density at radius 2 is 1.76 bits per heavy atom. The average molecular weight is 233 g/mol. The highest BCUT2D eigenvalue weighted by Crippen LogP contribution is 2.21. The molecule has 2 aromatic rings. The topological polar surface area (TPSA) is 33.5 Å². The van der Waals surface area contributed by atoms with E-state index in [9.17, 15) is 4.79 Å². The first-order valence-corrected chi connectivity index (χ1v) is 5.80. The molecule has 0 atom stereocenters. The molecule has 0 aliphatic rings. The minimum atomic E-state index is -0.295. The van der Waals surface area contributed by atoms with Gasteiger partial charge in [-0.25, -0.2) is 4.79 Å². The zero-order valence-electron chi connectivity index (χ0n) is 11.1. The van der Waals surface area contributed by atoms with E-state index in [1.807, 2.05) is 58.0 Å². The van der Waals surface area contributed by atoms with Gasteiger partial charge in [-0.3, -0.25) is 0 Å². The fraction of sp³-hybridized carbons (Fsp3) is 0.357. The molecule has 0 unspecified atom stereocenters. The van der Waals surface area contributed by atoms with Crippen LogP contribution in [0.25, 0.3) is 11.0 Å². The van der Waals surface area contributed by atoms with Crippen molar-refractivity contribution in [1.29, 1.82) is 0 Å². The molecule has 0 aliphatic heterocycles. The molecular formula is C14H19NO2. The molecule has 1 heterocycles. The maximum atomic E-state index is 11.2. The molecule has 17 heavy (non-hydrogen) atoms. The first-order valence-electron chi connectivity index (χ1n) is 5.80. The lowest BCUT2D eigenvalue weighted by Gasteiger charge is -2.12. The summed E-state index contributed by atoms with van der Waals surface area (Å²) in [4.78, 5) is 13.2. The van der Waals surface area contributed by atoms with E-state index in [0.717, 1.165) is 16.6 Å². The second-order valence-electron chi connectivity index (χ2n) is 3.82. The Kier molecular flexibility index (Phi) is 4.32. The van der Waals surface area contributed by atoms with E-state index in [4.69, 9.17) is 4.42 Å². The molecule has 0 spiro atoms. The molecule has 0 aliphatic carbocycles. The Hall–Kier alpha value is -1.77. The molecule has 0 saturated carbocycles. The minimum Gasteiger partial charge on any atom is -0.423 e. The van der Waals surface area contributed by atoms with E-state index in [1.54, 1.807) is 0 Å². The van der Waals surface area contributed by atoms with Crippen molar-refractivity contribution >= 4 is 16.7 Å². The third kappa shape index (κ3) is 2.87. The standard InChI is InChI=1S/C12H13NO2.C2H6/c1-8-6-12(14)15-11-7-9(13(2)3)4-5-10(8)11;1-2/h4-7H,1-3H3;1-2H3. The van der Waals surface area contributed by atoms with Crippen LogP contribution in [0.4, 0.5) is 5.69 Å². The van der Waals surface area contributed by atoms with Crippen molar-refractivity contribution in [2.75, 3.05) is 19.0 Å². The van der Waals surface area contributed by atoms with E-state index < -0.39 is 0 Å². The first-order chi connectivity index (χ1) is 8.08. The zero-order valence-corrected chi connectivity index (χ0v) is 11.1. The summed E-state index contributed by atoms with van der Waals surface area (Å²) in [5, 5.41) is 0.986. The van der Waals surface area contributed by atoms with Crippen LogP contribution in [0.3, 0.4) is 0 Å². The monoisotopic (exact) mass is 233 g/mol. The number of nitrogens with zero attached hydrogens (tertiary/aromatic N) is 1. The van der Waals surface area contributed by atoms with Crippen molar-refractivity contribution in [1.82, 2.24) is 0 Å². The molecular weight excluding hydrogens is 214 g/mol. The smallest absolute Gasteiger partial charge is 0.336 e. The van der Waals surface area contributed by atoms with Gasteiger partial charge in [-0.2, -0.15) is 0 Å². The van der Waals surface area contributed by atoms with E-state index in [1.165, 1.54) is 6.07 Å². The predicted octanol–water partition coefficient (Wildman–Crippen LogP) is 3.19. The van der Waals surface area contributed by atoms with Crippen LogP contribution >= 0.6 is 0 Å². The van der Waals surface area contributed by atoms with Crippen molar-refractivity contribution in [3.8, 4) is 0 Å². The van der Waals surface area contributed by atoms with Crippen molar-refractivity contribution in [2.24, 2.45) is 0 Å². The highest BCUT2D eigenvalue weighted by molar-refractivity contribution is 5.83. The largest absolute Gasteiger partial charge is 0.423 e. The summed E-state index contributed by atoms with van der Waals surface area (Å²) in [6, 6.07) is 7.37. The van der Waals surface area contributed by atoms with Crippen molar-refractivity contribution in [3.63, 3.8) is 0 Å². The number of rotatable bonds is 1. The van der Waals surface area contributed by atoms with Gasteiger partial charge in [-0.05, 0) is 24.6 Å². The van der Waals surface area contributed by atoms with Crippen LogP contribution in [0.1, 0.15) is 19.4 Å². The number of benzene rings is 1. The molecule has 3 nitrogen and oxygen atoms in total. The van der Waals surface area contributed by atoms with Gasteiger partial charge in [0.1, 0.15) is 5.58 Å². The van der Waals surface area contributed by atoms with Crippen molar-refractivity contribution < 1.29 is 4.42 Å². The van der Waals surface area contributed by atoms with E-state index in [2.05, 4.69) is 0 Å². The molecule has 1 aromatic heterocycles. The summed E-state index contributed by atoms with van der Waals surface area (Å²) >= 11 is 0. The Bertz CT molecular complexity index is 556. The normalized spacial score (nSPS) is 9.71. The third-order valence-electron chi connectivity index (χ3n) is 2.45. The van der Waals surface area contributed by atoms with Crippen LogP contribution in [0.5, 0.6) is 0 Å². The van der Waals surface area contributed by atoms with E-state index in [0.29, 0.717) is 5.58 Å². The molecule has 0 saturated heterocycles. The van der Waals surface area contributed by atoms with Gasteiger partial charge in [-0.1, -0.05) is 13.8 Å². The highest BCUT2D eigenvalue weighted by atomic mass is 16.4. The minimum absolute atomic E-state index is 0.295. The van der Waals surface area contributed by atoms with Crippen LogP contribution in [-0.2, 0) is 0 Å². The predicted molar refractivity (Wildman–Crippen MR) is 72.9 cm³/mol. The quantitative estimate of drug-likeness (QED) is 0.709. The molecule has 0 fully saturated rings. The van der Waals surface area contributed by atoms with Gasteiger partial charge in [0.05, 0.1) is 0 Å². The molecule has 0 N–H and O–H groups in total. The molecule has 0 bridgehead atoms. The van der Waals surface area contributed by atoms with Crippen LogP contribution in [0.15, 0.2) is 33.5 Å². The zero-order chi connectivity index (χ0) is 13.0. The summed E-state index contributed by atoms with van der Waals surface area (Å²) in [5.41, 5.74) is 2.32. The van der Waals surface area contributed by atoms with Crippen LogP contribution in [0.2, 0.25) is 0 Å². The van der Waals surface area contributed by atoms with Gasteiger partial charge in [0.2, 0.25) is 0 Å². The Morgan fingerprint density at radius 3 is 2.35 bits per heavy atom. The molecule has 0 amide bonds. The summed E-state index contributed by atoms with van der Waals surface area (Å²) in [5.74, 6) is 0. The third-order valence-corrected chi connectivity index (χ3v) is 2.45. The second-order valence-corrected chi connectivity index (χ2v) is 3.82. The molecule has 0 radical (unpaired) electrons. The van der Waals surface area contributed by atoms with E-state index in [-0.39, 0.29) is 5.63 Å². The number of fused-ring (bicyclic) bond motifs is 1. The maximum absolute atomic E-state index is 11.2. The second kappa shape index (κ2) is 5.53. The Morgan fingerprint density at radius 1 is 1.12 bits per heavy atom. The first kappa shape index (κ1) is 13.3. The average Bonchev–Trinajstić information content (AvgIpc) is 2.30. The summed E-state index contributed by atoms with van der Waals surface area (Å²) < 4.78 is 5.15. The number of hydrogen-bond donors (Lipinski definition) is 0. The summed E-state index contributed by atoms with van der Waals surface area (Å²) in [7, 11) is 3.91.